The Labute approximate surface area is 152 Å². The summed E-state index contributed by atoms with van der Waals surface area (Å²) >= 11 is 0. The van der Waals surface area contributed by atoms with Gasteiger partial charge in [-0.2, -0.15) is 0 Å². The van der Waals surface area contributed by atoms with Crippen LogP contribution < -0.4 is 16.0 Å². The van der Waals surface area contributed by atoms with Crippen LogP contribution in [0.15, 0.2) is 48.8 Å². The van der Waals surface area contributed by atoms with Gasteiger partial charge in [0, 0.05) is 25.4 Å². The van der Waals surface area contributed by atoms with E-state index in [1.165, 1.54) is 0 Å². The molecule has 0 aliphatic carbocycles. The van der Waals surface area contributed by atoms with E-state index in [4.69, 9.17) is 0 Å². The molecule has 2 amide bonds. The fourth-order valence-electron chi connectivity index (χ4n) is 3.09. The molecule has 1 aliphatic heterocycles. The molecule has 0 bridgehead atoms. The first-order valence-electron chi connectivity index (χ1n) is 8.73. The molecular weight excluding hydrogens is 330 g/mol. The Morgan fingerprint density at radius 1 is 1.00 bits per heavy atom. The number of carbonyl (C=O) groups excluding carboxylic acids is 2. The van der Waals surface area contributed by atoms with Crippen molar-refractivity contribution >= 4 is 11.8 Å². The van der Waals surface area contributed by atoms with E-state index < -0.39 is 5.41 Å². The SMILES string of the molecule is O=C(CC1(C(=O)NCc2ccccn2)CCNC1)NCc1ccccn1. The summed E-state index contributed by atoms with van der Waals surface area (Å²) in [6, 6.07) is 11.1. The zero-order chi connectivity index (χ0) is 18.2. The van der Waals surface area contributed by atoms with Gasteiger partial charge in [0.2, 0.25) is 11.8 Å². The summed E-state index contributed by atoms with van der Waals surface area (Å²) in [5.74, 6) is -0.256. The lowest BCUT2D eigenvalue weighted by Gasteiger charge is -2.26. The van der Waals surface area contributed by atoms with Crippen LogP contribution in [-0.4, -0.2) is 34.9 Å². The first-order valence-corrected chi connectivity index (χ1v) is 8.73. The second-order valence-electron chi connectivity index (χ2n) is 6.49. The van der Waals surface area contributed by atoms with Crippen LogP contribution in [0.4, 0.5) is 0 Å². The Morgan fingerprint density at radius 2 is 1.65 bits per heavy atom. The van der Waals surface area contributed by atoms with E-state index >= 15 is 0 Å². The molecule has 2 aromatic heterocycles. The van der Waals surface area contributed by atoms with Crippen LogP contribution in [0.2, 0.25) is 0 Å². The van der Waals surface area contributed by atoms with Crippen LogP contribution in [0, 0.1) is 5.41 Å². The molecule has 136 valence electrons. The number of pyridine rings is 2. The van der Waals surface area contributed by atoms with Crippen molar-refractivity contribution < 1.29 is 9.59 Å². The Balaban J connectivity index is 1.56. The largest absolute Gasteiger partial charge is 0.350 e. The second kappa shape index (κ2) is 8.53. The van der Waals surface area contributed by atoms with E-state index in [1.54, 1.807) is 12.4 Å². The molecule has 0 saturated carbocycles. The van der Waals surface area contributed by atoms with Gasteiger partial charge < -0.3 is 16.0 Å². The maximum Gasteiger partial charge on any atom is 0.228 e. The van der Waals surface area contributed by atoms with Gasteiger partial charge in [0.05, 0.1) is 29.9 Å². The van der Waals surface area contributed by atoms with Crippen molar-refractivity contribution in [1.82, 2.24) is 25.9 Å². The molecule has 1 fully saturated rings. The molecule has 7 nitrogen and oxygen atoms in total. The normalized spacial score (nSPS) is 19.1. The van der Waals surface area contributed by atoms with Crippen molar-refractivity contribution in [2.75, 3.05) is 13.1 Å². The van der Waals surface area contributed by atoms with Crippen molar-refractivity contribution in [3.63, 3.8) is 0 Å². The van der Waals surface area contributed by atoms with E-state index in [0.29, 0.717) is 26.1 Å². The zero-order valence-corrected chi connectivity index (χ0v) is 14.6. The lowest BCUT2D eigenvalue weighted by atomic mass is 9.82. The first kappa shape index (κ1) is 18.0. The van der Waals surface area contributed by atoms with Crippen molar-refractivity contribution in [2.24, 2.45) is 5.41 Å². The topological polar surface area (TPSA) is 96.0 Å². The predicted octanol–water partition coefficient (Wildman–Crippen LogP) is 0.779. The van der Waals surface area contributed by atoms with E-state index in [-0.39, 0.29) is 18.2 Å². The second-order valence-corrected chi connectivity index (χ2v) is 6.49. The molecule has 3 heterocycles. The van der Waals surface area contributed by atoms with Crippen molar-refractivity contribution in [3.05, 3.63) is 60.2 Å². The molecule has 1 aliphatic rings. The van der Waals surface area contributed by atoms with Crippen LogP contribution in [0.5, 0.6) is 0 Å². The number of amides is 2. The average molecular weight is 353 g/mol. The number of hydrogen-bond donors (Lipinski definition) is 3. The van der Waals surface area contributed by atoms with Gasteiger partial charge in [-0.1, -0.05) is 12.1 Å². The summed E-state index contributed by atoms with van der Waals surface area (Å²) in [6.45, 7) is 1.94. The number of rotatable bonds is 7. The van der Waals surface area contributed by atoms with Crippen molar-refractivity contribution in [1.29, 1.82) is 0 Å². The summed E-state index contributed by atoms with van der Waals surface area (Å²) in [5.41, 5.74) is 0.865. The van der Waals surface area contributed by atoms with Gasteiger partial charge >= 0.3 is 0 Å². The van der Waals surface area contributed by atoms with Gasteiger partial charge in [0.25, 0.3) is 0 Å². The summed E-state index contributed by atoms with van der Waals surface area (Å²) in [4.78, 5) is 33.6. The van der Waals surface area contributed by atoms with Gasteiger partial charge in [-0.25, -0.2) is 0 Å². The number of carbonyl (C=O) groups is 2. The molecule has 2 aromatic rings. The molecule has 3 N–H and O–H groups in total. The number of aromatic nitrogens is 2. The molecular formula is C19H23N5O2. The van der Waals surface area contributed by atoms with Crippen molar-refractivity contribution in [3.8, 4) is 0 Å². The predicted molar refractivity (Wildman–Crippen MR) is 96.7 cm³/mol. The Morgan fingerprint density at radius 3 is 2.19 bits per heavy atom. The van der Waals surface area contributed by atoms with Gasteiger partial charge in [-0.3, -0.25) is 19.6 Å². The van der Waals surface area contributed by atoms with Gasteiger partial charge in [-0.05, 0) is 37.2 Å². The molecule has 0 aromatic carbocycles. The summed E-state index contributed by atoms with van der Waals surface area (Å²) < 4.78 is 0. The smallest absolute Gasteiger partial charge is 0.228 e. The fraction of sp³-hybridized carbons (Fsp3) is 0.368. The standard InChI is InChI=1S/C19H23N5O2/c25-17(23-12-15-5-1-3-8-21-15)11-19(7-10-20-14-19)18(26)24-13-16-6-2-4-9-22-16/h1-6,8-9,20H,7,10-14H2,(H,23,25)(H,24,26). The van der Waals surface area contributed by atoms with Gasteiger partial charge in [0.15, 0.2) is 0 Å². The number of nitrogens with zero attached hydrogens (tertiary/aromatic N) is 2. The van der Waals surface area contributed by atoms with E-state index in [9.17, 15) is 9.59 Å². The van der Waals surface area contributed by atoms with Crippen LogP contribution in [0.1, 0.15) is 24.2 Å². The summed E-state index contributed by atoms with van der Waals surface area (Å²) in [6.07, 6.45) is 4.17. The fourth-order valence-corrected chi connectivity index (χ4v) is 3.09. The lowest BCUT2D eigenvalue weighted by Crippen LogP contribution is -2.45. The molecule has 0 spiro atoms. The molecule has 26 heavy (non-hydrogen) atoms. The third-order valence-corrected chi connectivity index (χ3v) is 4.57. The Bertz CT molecular complexity index is 730. The van der Waals surface area contributed by atoms with Crippen LogP contribution in [0.25, 0.3) is 0 Å². The zero-order valence-electron chi connectivity index (χ0n) is 14.6. The highest BCUT2D eigenvalue weighted by atomic mass is 16.2. The maximum absolute atomic E-state index is 12.8. The quantitative estimate of drug-likeness (QED) is 0.684. The highest BCUT2D eigenvalue weighted by Gasteiger charge is 2.42. The summed E-state index contributed by atoms with van der Waals surface area (Å²) in [5, 5.41) is 8.99. The molecule has 7 heteroatoms. The molecule has 0 radical (unpaired) electrons. The van der Waals surface area contributed by atoms with Crippen LogP contribution in [-0.2, 0) is 22.7 Å². The van der Waals surface area contributed by atoms with Gasteiger partial charge in [-0.15, -0.1) is 0 Å². The third kappa shape index (κ3) is 4.64. The summed E-state index contributed by atoms with van der Waals surface area (Å²) in [7, 11) is 0. The minimum Gasteiger partial charge on any atom is -0.350 e. The Hall–Kier alpha value is -2.80. The minimum absolute atomic E-state index is 0.110. The maximum atomic E-state index is 12.8. The van der Waals surface area contributed by atoms with E-state index in [0.717, 1.165) is 17.9 Å². The van der Waals surface area contributed by atoms with E-state index in [1.807, 2.05) is 36.4 Å². The average Bonchev–Trinajstić information content (AvgIpc) is 3.16. The Kier molecular flexibility index (Phi) is 5.91. The van der Waals surface area contributed by atoms with Crippen LogP contribution in [0.3, 0.4) is 0 Å². The van der Waals surface area contributed by atoms with E-state index in [2.05, 4.69) is 25.9 Å². The highest BCUT2D eigenvalue weighted by molar-refractivity contribution is 5.89. The highest BCUT2D eigenvalue weighted by Crippen LogP contribution is 2.30. The molecule has 1 saturated heterocycles. The monoisotopic (exact) mass is 353 g/mol. The lowest BCUT2D eigenvalue weighted by molar-refractivity contribution is -0.135. The minimum atomic E-state index is -0.719. The van der Waals surface area contributed by atoms with Gasteiger partial charge in [0.1, 0.15) is 0 Å². The molecule has 1 unspecified atom stereocenters. The number of nitrogens with one attached hydrogen (secondary N) is 3. The first-order chi connectivity index (χ1) is 12.7. The van der Waals surface area contributed by atoms with Crippen molar-refractivity contribution in [2.45, 2.75) is 25.9 Å². The molecule has 1 atom stereocenters. The van der Waals surface area contributed by atoms with Crippen LogP contribution >= 0.6 is 0 Å². The number of hydrogen-bond acceptors (Lipinski definition) is 5. The molecule has 3 rings (SSSR count). The third-order valence-electron chi connectivity index (χ3n) is 4.57.